The third-order valence-electron chi connectivity index (χ3n) is 3.40. The molecule has 0 saturated carbocycles. The first-order valence-electron chi connectivity index (χ1n) is 7.47. The molecule has 8 heteroatoms. The van der Waals surface area contributed by atoms with Crippen LogP contribution in [0.1, 0.15) is 15.9 Å². The SMILES string of the molecule is C#Cc1ccc(F)c(C(=O)Nc2cc(F)c(F)c(Oc3cncnc3)c2)c1. The summed E-state index contributed by atoms with van der Waals surface area (Å²) >= 11 is 0. The number of amides is 1. The van der Waals surface area contributed by atoms with E-state index in [2.05, 4.69) is 21.2 Å². The number of rotatable bonds is 4. The Balaban J connectivity index is 1.89. The average molecular weight is 369 g/mol. The molecule has 1 amide bonds. The van der Waals surface area contributed by atoms with E-state index in [9.17, 15) is 18.0 Å². The summed E-state index contributed by atoms with van der Waals surface area (Å²) in [5.41, 5.74) is -0.190. The zero-order valence-corrected chi connectivity index (χ0v) is 13.5. The highest BCUT2D eigenvalue weighted by Gasteiger charge is 2.17. The van der Waals surface area contributed by atoms with Crippen LogP contribution >= 0.6 is 0 Å². The van der Waals surface area contributed by atoms with E-state index < -0.39 is 29.1 Å². The van der Waals surface area contributed by atoms with Gasteiger partial charge in [0.05, 0.1) is 18.0 Å². The maximum absolute atomic E-state index is 14.0. The van der Waals surface area contributed by atoms with E-state index in [1.165, 1.54) is 30.9 Å². The lowest BCUT2D eigenvalue weighted by Crippen LogP contribution is -2.14. The summed E-state index contributed by atoms with van der Waals surface area (Å²) in [6.45, 7) is 0. The van der Waals surface area contributed by atoms with Crippen molar-refractivity contribution >= 4 is 11.6 Å². The molecule has 0 aliphatic rings. The molecular formula is C19H10F3N3O2. The van der Waals surface area contributed by atoms with Crippen molar-refractivity contribution in [1.82, 2.24) is 9.97 Å². The lowest BCUT2D eigenvalue weighted by molar-refractivity contribution is 0.102. The van der Waals surface area contributed by atoms with E-state index >= 15 is 0 Å². The number of carbonyl (C=O) groups excluding carboxylic acids is 1. The van der Waals surface area contributed by atoms with Crippen molar-refractivity contribution in [2.24, 2.45) is 0 Å². The number of ether oxygens (including phenoxy) is 1. The summed E-state index contributed by atoms with van der Waals surface area (Å²) in [6, 6.07) is 5.33. The summed E-state index contributed by atoms with van der Waals surface area (Å²) in [5, 5.41) is 2.28. The lowest BCUT2D eigenvalue weighted by Gasteiger charge is -2.11. The fourth-order valence-corrected chi connectivity index (χ4v) is 2.16. The van der Waals surface area contributed by atoms with E-state index in [-0.39, 0.29) is 17.0 Å². The van der Waals surface area contributed by atoms with Gasteiger partial charge in [0.15, 0.2) is 17.3 Å². The quantitative estimate of drug-likeness (QED) is 0.708. The maximum Gasteiger partial charge on any atom is 0.258 e. The Bertz CT molecular complexity index is 1050. The molecule has 27 heavy (non-hydrogen) atoms. The van der Waals surface area contributed by atoms with Crippen molar-refractivity contribution < 1.29 is 22.7 Å². The van der Waals surface area contributed by atoms with Gasteiger partial charge in [-0.15, -0.1) is 6.42 Å². The second kappa shape index (κ2) is 7.58. The normalized spacial score (nSPS) is 10.1. The molecule has 3 aromatic rings. The van der Waals surface area contributed by atoms with Crippen molar-refractivity contribution in [1.29, 1.82) is 0 Å². The fourth-order valence-electron chi connectivity index (χ4n) is 2.16. The van der Waals surface area contributed by atoms with Crippen molar-refractivity contribution in [2.75, 3.05) is 5.32 Å². The molecular weight excluding hydrogens is 359 g/mol. The highest BCUT2D eigenvalue weighted by atomic mass is 19.2. The smallest absolute Gasteiger partial charge is 0.258 e. The standard InChI is InChI=1S/C19H10F3N3O2/c1-2-11-3-4-15(20)14(5-11)19(26)25-12-6-16(21)18(22)17(7-12)27-13-8-23-10-24-9-13/h1,3-10H,(H,25,26). The summed E-state index contributed by atoms with van der Waals surface area (Å²) in [5.74, 6) is -2.39. The Morgan fingerprint density at radius 3 is 2.52 bits per heavy atom. The molecule has 5 nitrogen and oxygen atoms in total. The van der Waals surface area contributed by atoms with E-state index in [0.29, 0.717) is 5.56 Å². The summed E-state index contributed by atoms with van der Waals surface area (Å²) in [6.07, 6.45) is 8.96. The van der Waals surface area contributed by atoms with Crippen LogP contribution < -0.4 is 10.1 Å². The van der Waals surface area contributed by atoms with Gasteiger partial charge in [-0.25, -0.2) is 18.7 Å². The fraction of sp³-hybridized carbons (Fsp3) is 0. The second-order valence-electron chi connectivity index (χ2n) is 5.24. The number of anilines is 1. The van der Waals surface area contributed by atoms with Gasteiger partial charge < -0.3 is 10.1 Å². The van der Waals surface area contributed by atoms with Crippen molar-refractivity contribution in [3.05, 3.63) is 77.6 Å². The molecule has 0 aliphatic heterocycles. The molecule has 3 rings (SSSR count). The number of hydrogen-bond donors (Lipinski definition) is 1. The minimum atomic E-state index is -1.27. The predicted molar refractivity (Wildman–Crippen MR) is 90.8 cm³/mol. The monoisotopic (exact) mass is 369 g/mol. The highest BCUT2D eigenvalue weighted by Crippen LogP contribution is 2.29. The number of nitrogens with zero attached hydrogens (tertiary/aromatic N) is 2. The molecule has 1 heterocycles. The molecule has 0 saturated heterocycles. The zero-order valence-electron chi connectivity index (χ0n) is 13.5. The summed E-state index contributed by atoms with van der Waals surface area (Å²) in [4.78, 5) is 19.7. The van der Waals surface area contributed by atoms with E-state index in [0.717, 1.165) is 18.2 Å². The lowest BCUT2D eigenvalue weighted by atomic mass is 10.1. The molecule has 0 spiro atoms. The molecule has 0 fully saturated rings. The number of carbonyl (C=O) groups is 1. The van der Waals surface area contributed by atoms with Crippen LogP contribution in [0.15, 0.2) is 49.1 Å². The van der Waals surface area contributed by atoms with Gasteiger partial charge in [-0.3, -0.25) is 4.79 Å². The topological polar surface area (TPSA) is 64.1 Å². The Kier molecular flexibility index (Phi) is 5.04. The van der Waals surface area contributed by atoms with Gasteiger partial charge in [-0.05, 0) is 18.2 Å². The third-order valence-corrected chi connectivity index (χ3v) is 3.40. The van der Waals surface area contributed by atoms with Gasteiger partial charge >= 0.3 is 0 Å². The molecule has 0 aliphatic carbocycles. The van der Waals surface area contributed by atoms with Gasteiger partial charge in [0.2, 0.25) is 5.82 Å². The largest absolute Gasteiger partial charge is 0.451 e. The minimum Gasteiger partial charge on any atom is -0.451 e. The minimum absolute atomic E-state index is 0.0621. The Morgan fingerprint density at radius 2 is 1.81 bits per heavy atom. The summed E-state index contributed by atoms with van der Waals surface area (Å²) < 4.78 is 46.9. The Hall–Kier alpha value is -3.86. The number of terminal acetylenes is 1. The van der Waals surface area contributed by atoms with E-state index in [1.54, 1.807) is 0 Å². The molecule has 0 unspecified atom stereocenters. The van der Waals surface area contributed by atoms with Crippen molar-refractivity contribution in [2.45, 2.75) is 0 Å². The Labute approximate surface area is 151 Å². The van der Waals surface area contributed by atoms with Gasteiger partial charge in [0.25, 0.3) is 5.91 Å². The van der Waals surface area contributed by atoms with Gasteiger partial charge in [-0.2, -0.15) is 4.39 Å². The van der Waals surface area contributed by atoms with Crippen LogP contribution in [0, 0.1) is 29.8 Å². The van der Waals surface area contributed by atoms with Crippen LogP contribution in [0.25, 0.3) is 0 Å². The molecule has 2 aromatic carbocycles. The van der Waals surface area contributed by atoms with Crippen molar-refractivity contribution in [3.63, 3.8) is 0 Å². The number of hydrogen-bond acceptors (Lipinski definition) is 4. The molecule has 0 radical (unpaired) electrons. The number of nitrogens with one attached hydrogen (secondary N) is 1. The highest BCUT2D eigenvalue weighted by molar-refractivity contribution is 6.04. The van der Waals surface area contributed by atoms with Crippen molar-refractivity contribution in [3.8, 4) is 23.8 Å². The van der Waals surface area contributed by atoms with Crippen LogP contribution in [0.3, 0.4) is 0 Å². The van der Waals surface area contributed by atoms with Gasteiger partial charge in [0.1, 0.15) is 12.1 Å². The molecule has 0 atom stereocenters. The van der Waals surface area contributed by atoms with Crippen LogP contribution in [0.4, 0.5) is 18.9 Å². The van der Waals surface area contributed by atoms with Crippen LogP contribution in [0.2, 0.25) is 0 Å². The third kappa shape index (κ3) is 4.04. The van der Waals surface area contributed by atoms with Crippen LogP contribution in [0.5, 0.6) is 11.5 Å². The molecule has 1 N–H and O–H groups in total. The average Bonchev–Trinajstić information content (AvgIpc) is 2.67. The Morgan fingerprint density at radius 1 is 1.07 bits per heavy atom. The first-order chi connectivity index (χ1) is 13.0. The number of aromatic nitrogens is 2. The predicted octanol–water partition coefficient (Wildman–Crippen LogP) is 3.92. The number of benzene rings is 2. The summed E-state index contributed by atoms with van der Waals surface area (Å²) in [7, 11) is 0. The van der Waals surface area contributed by atoms with Crippen LogP contribution in [-0.2, 0) is 0 Å². The molecule has 0 bridgehead atoms. The maximum atomic E-state index is 14.0. The number of halogens is 3. The van der Waals surface area contributed by atoms with Gasteiger partial charge in [0, 0.05) is 23.4 Å². The zero-order chi connectivity index (χ0) is 19.4. The van der Waals surface area contributed by atoms with Gasteiger partial charge in [-0.1, -0.05) is 5.92 Å². The second-order valence-corrected chi connectivity index (χ2v) is 5.24. The first-order valence-corrected chi connectivity index (χ1v) is 7.47. The van der Waals surface area contributed by atoms with Crippen LogP contribution in [-0.4, -0.2) is 15.9 Å². The molecule has 134 valence electrons. The van der Waals surface area contributed by atoms with E-state index in [1.807, 2.05) is 0 Å². The van der Waals surface area contributed by atoms with E-state index in [4.69, 9.17) is 11.2 Å². The first kappa shape index (κ1) is 17.9. The molecule has 1 aromatic heterocycles.